The summed E-state index contributed by atoms with van der Waals surface area (Å²) in [6.45, 7) is 5.31. The Morgan fingerprint density at radius 1 is 1.32 bits per heavy atom. The first-order valence-electron chi connectivity index (χ1n) is 8.64. The van der Waals surface area contributed by atoms with Gasteiger partial charge in [-0.1, -0.05) is 0 Å². The maximum absolute atomic E-state index is 13.3. The fourth-order valence-electron chi connectivity index (χ4n) is 3.76. The Morgan fingerprint density at radius 3 is 2.92 bits per heavy atom. The van der Waals surface area contributed by atoms with Crippen LogP contribution >= 0.6 is 0 Å². The zero-order valence-corrected chi connectivity index (χ0v) is 14.8. The molecule has 0 aromatic carbocycles. The average Bonchev–Trinajstić information content (AvgIpc) is 3.23. The molecule has 1 atom stereocenters. The number of rotatable bonds is 2. The summed E-state index contributed by atoms with van der Waals surface area (Å²) in [6.07, 6.45) is 5.78. The number of nitrogens with zero attached hydrogens (tertiary/aromatic N) is 6. The van der Waals surface area contributed by atoms with Gasteiger partial charge in [-0.25, -0.2) is 4.98 Å². The van der Waals surface area contributed by atoms with Crippen molar-refractivity contribution in [2.75, 3.05) is 13.1 Å². The van der Waals surface area contributed by atoms with Crippen LogP contribution in [0.3, 0.4) is 0 Å². The zero-order chi connectivity index (χ0) is 17.6. The topological polar surface area (TPSA) is 68.8 Å². The van der Waals surface area contributed by atoms with Gasteiger partial charge in [-0.3, -0.25) is 14.2 Å². The highest BCUT2D eigenvalue weighted by Crippen LogP contribution is 2.26. The quantitative estimate of drug-likeness (QED) is 0.719. The number of carbonyl (C=O) groups excluding carboxylic acids is 1. The van der Waals surface area contributed by atoms with Gasteiger partial charge in [-0.15, -0.1) is 0 Å². The van der Waals surface area contributed by atoms with Crippen LogP contribution in [0.4, 0.5) is 0 Å². The maximum Gasteiger partial charge on any atom is 0.254 e. The largest absolute Gasteiger partial charge is 0.336 e. The third-order valence-electron chi connectivity index (χ3n) is 4.91. The predicted octanol–water partition coefficient (Wildman–Crippen LogP) is 2.26. The van der Waals surface area contributed by atoms with Crippen molar-refractivity contribution in [3.63, 3.8) is 0 Å². The van der Waals surface area contributed by atoms with Crippen molar-refractivity contribution in [2.45, 2.75) is 32.7 Å². The second kappa shape index (κ2) is 5.98. The van der Waals surface area contributed by atoms with Gasteiger partial charge in [-0.2, -0.15) is 10.2 Å². The van der Waals surface area contributed by atoms with Crippen LogP contribution in [-0.4, -0.2) is 48.4 Å². The van der Waals surface area contributed by atoms with Crippen LogP contribution < -0.4 is 0 Å². The first-order valence-corrected chi connectivity index (χ1v) is 8.64. The minimum Gasteiger partial charge on any atom is -0.336 e. The van der Waals surface area contributed by atoms with E-state index in [2.05, 4.69) is 15.2 Å². The van der Waals surface area contributed by atoms with E-state index in [-0.39, 0.29) is 11.9 Å². The Morgan fingerprint density at radius 2 is 2.16 bits per heavy atom. The molecule has 0 aliphatic carbocycles. The normalized spacial score (nSPS) is 18.0. The Balaban J connectivity index is 1.70. The summed E-state index contributed by atoms with van der Waals surface area (Å²) in [5.74, 6) is 0.0588. The lowest BCUT2D eigenvalue weighted by Gasteiger charge is -2.33. The molecule has 0 radical (unpaired) electrons. The molecule has 3 aromatic rings. The molecule has 7 nitrogen and oxygen atoms in total. The van der Waals surface area contributed by atoms with Crippen molar-refractivity contribution < 1.29 is 4.79 Å². The predicted molar refractivity (Wildman–Crippen MR) is 94.4 cm³/mol. The lowest BCUT2D eigenvalue weighted by molar-refractivity contribution is 0.0674. The second-order valence-corrected chi connectivity index (χ2v) is 6.75. The fraction of sp³-hybridized carbons (Fsp3) is 0.444. The van der Waals surface area contributed by atoms with E-state index in [0.717, 1.165) is 41.8 Å². The standard InChI is InChI=1S/C18H22N6O/c1-12-10-15(16-13(2)21-22(3)17(16)20-12)18(25)23-8-4-6-14(11-23)24-9-5-7-19-24/h5,7,9-10,14H,4,6,8,11H2,1-3H3. The molecule has 0 N–H and O–H groups in total. The van der Waals surface area contributed by atoms with Crippen molar-refractivity contribution in [2.24, 2.45) is 7.05 Å². The molecule has 25 heavy (non-hydrogen) atoms. The molecule has 1 fully saturated rings. The maximum atomic E-state index is 13.3. The number of aryl methyl sites for hydroxylation is 3. The molecule has 0 bridgehead atoms. The Kier molecular flexibility index (Phi) is 3.78. The number of hydrogen-bond acceptors (Lipinski definition) is 4. The summed E-state index contributed by atoms with van der Waals surface area (Å²) >= 11 is 0. The van der Waals surface area contributed by atoms with Gasteiger partial charge in [0.05, 0.1) is 22.7 Å². The van der Waals surface area contributed by atoms with Crippen LogP contribution in [0.25, 0.3) is 11.0 Å². The molecule has 130 valence electrons. The molecule has 0 saturated carbocycles. The average molecular weight is 338 g/mol. The van der Waals surface area contributed by atoms with E-state index < -0.39 is 0 Å². The number of amides is 1. The molecule has 7 heteroatoms. The second-order valence-electron chi connectivity index (χ2n) is 6.75. The third-order valence-corrected chi connectivity index (χ3v) is 4.91. The number of hydrogen-bond donors (Lipinski definition) is 0. The smallest absolute Gasteiger partial charge is 0.254 e. The number of piperidine rings is 1. The van der Waals surface area contributed by atoms with E-state index in [1.807, 2.05) is 48.8 Å². The monoisotopic (exact) mass is 338 g/mol. The minimum absolute atomic E-state index is 0.0588. The number of fused-ring (bicyclic) bond motifs is 1. The van der Waals surface area contributed by atoms with E-state index in [0.29, 0.717) is 12.1 Å². The van der Waals surface area contributed by atoms with Crippen LogP contribution in [0, 0.1) is 13.8 Å². The summed E-state index contributed by atoms with van der Waals surface area (Å²) < 4.78 is 3.71. The van der Waals surface area contributed by atoms with Gasteiger partial charge in [0.15, 0.2) is 5.65 Å². The molecule has 1 saturated heterocycles. The molecule has 1 amide bonds. The molecule has 1 aliphatic rings. The van der Waals surface area contributed by atoms with Gasteiger partial charge >= 0.3 is 0 Å². The zero-order valence-electron chi connectivity index (χ0n) is 14.8. The van der Waals surface area contributed by atoms with Gasteiger partial charge in [-0.05, 0) is 38.8 Å². The van der Waals surface area contributed by atoms with E-state index in [1.54, 1.807) is 10.9 Å². The first-order chi connectivity index (χ1) is 12.0. The lowest BCUT2D eigenvalue weighted by atomic mass is 10.0. The summed E-state index contributed by atoms with van der Waals surface area (Å²) in [4.78, 5) is 19.8. The SMILES string of the molecule is Cc1cc(C(=O)N2CCCC(n3cccn3)C2)c2c(C)nn(C)c2n1. The van der Waals surface area contributed by atoms with Crippen LogP contribution in [0.2, 0.25) is 0 Å². The Bertz CT molecular complexity index is 927. The summed E-state index contributed by atoms with van der Waals surface area (Å²) in [7, 11) is 1.87. The van der Waals surface area contributed by atoms with Gasteiger partial charge in [0.1, 0.15) is 0 Å². The van der Waals surface area contributed by atoms with Crippen LogP contribution in [-0.2, 0) is 7.05 Å². The van der Waals surface area contributed by atoms with Crippen LogP contribution in [0.15, 0.2) is 24.5 Å². The highest BCUT2D eigenvalue weighted by Gasteiger charge is 2.28. The van der Waals surface area contributed by atoms with Crippen molar-refractivity contribution in [3.05, 3.63) is 41.5 Å². The first kappa shape index (κ1) is 15.8. The molecule has 1 unspecified atom stereocenters. The number of carbonyl (C=O) groups is 1. The van der Waals surface area contributed by atoms with Crippen molar-refractivity contribution in [1.29, 1.82) is 0 Å². The molecule has 1 aliphatic heterocycles. The van der Waals surface area contributed by atoms with E-state index >= 15 is 0 Å². The summed E-state index contributed by atoms with van der Waals surface area (Å²) in [5.41, 5.74) is 3.14. The molecule has 3 aromatic heterocycles. The Hall–Kier alpha value is -2.70. The summed E-state index contributed by atoms with van der Waals surface area (Å²) in [6, 6.07) is 4.05. The molecular weight excluding hydrogens is 316 g/mol. The number of pyridine rings is 1. The van der Waals surface area contributed by atoms with E-state index in [9.17, 15) is 4.79 Å². The van der Waals surface area contributed by atoms with Crippen molar-refractivity contribution in [1.82, 2.24) is 29.4 Å². The Labute approximate surface area is 146 Å². The van der Waals surface area contributed by atoms with Crippen LogP contribution in [0.1, 0.15) is 40.6 Å². The highest BCUT2D eigenvalue weighted by molar-refractivity contribution is 6.06. The summed E-state index contributed by atoms with van der Waals surface area (Å²) in [5, 5.41) is 9.65. The highest BCUT2D eigenvalue weighted by atomic mass is 16.2. The molecule has 4 heterocycles. The van der Waals surface area contributed by atoms with Crippen molar-refractivity contribution in [3.8, 4) is 0 Å². The third kappa shape index (κ3) is 2.69. The van der Waals surface area contributed by atoms with Crippen molar-refractivity contribution >= 4 is 16.9 Å². The van der Waals surface area contributed by atoms with Gasteiger partial charge in [0, 0.05) is 38.2 Å². The molecular formula is C18H22N6O. The lowest BCUT2D eigenvalue weighted by Crippen LogP contribution is -2.41. The van der Waals surface area contributed by atoms with E-state index in [4.69, 9.17) is 0 Å². The number of likely N-dealkylation sites (tertiary alicyclic amines) is 1. The van der Waals surface area contributed by atoms with Crippen LogP contribution in [0.5, 0.6) is 0 Å². The van der Waals surface area contributed by atoms with Gasteiger partial charge in [0.2, 0.25) is 0 Å². The van der Waals surface area contributed by atoms with Gasteiger partial charge in [0.25, 0.3) is 5.91 Å². The number of aromatic nitrogens is 5. The fourth-order valence-corrected chi connectivity index (χ4v) is 3.76. The molecule has 4 rings (SSSR count). The molecule has 0 spiro atoms. The van der Waals surface area contributed by atoms with E-state index in [1.165, 1.54) is 0 Å². The van der Waals surface area contributed by atoms with Gasteiger partial charge < -0.3 is 4.90 Å². The minimum atomic E-state index is 0.0588.